The summed E-state index contributed by atoms with van der Waals surface area (Å²) in [7, 11) is 4.96. The largest absolute Gasteiger partial charge is 0.496 e. The predicted octanol–water partition coefficient (Wildman–Crippen LogP) is 4.66. The Kier molecular flexibility index (Phi) is 5.64. The van der Waals surface area contributed by atoms with Gasteiger partial charge in [0, 0.05) is 24.4 Å². The van der Waals surface area contributed by atoms with Crippen molar-refractivity contribution in [3.05, 3.63) is 65.2 Å². The number of methoxy groups -OCH3 is 2. The summed E-state index contributed by atoms with van der Waals surface area (Å²) in [6.07, 6.45) is 0. The third-order valence-electron chi connectivity index (χ3n) is 6.06. The summed E-state index contributed by atoms with van der Waals surface area (Å²) < 4.78 is 16.6. The average Bonchev–Trinajstić information content (AvgIpc) is 3.09. The third-order valence-corrected chi connectivity index (χ3v) is 7.32. The lowest BCUT2D eigenvalue weighted by Gasteiger charge is -2.33. The highest BCUT2D eigenvalue weighted by Crippen LogP contribution is 2.56. The van der Waals surface area contributed by atoms with Crippen LogP contribution in [0.4, 0.5) is 11.4 Å². The number of rotatable bonds is 5. The smallest absolute Gasteiger partial charge is 0.308 e. The average molecular weight is 491 g/mol. The number of fused-ring (bicyclic) bond motifs is 3. The summed E-state index contributed by atoms with van der Waals surface area (Å²) >= 11 is 1.38. The Labute approximate surface area is 206 Å². The molecule has 2 heterocycles. The van der Waals surface area contributed by atoms with Crippen LogP contribution in [0.2, 0.25) is 0 Å². The zero-order valence-electron chi connectivity index (χ0n) is 19.6. The van der Waals surface area contributed by atoms with Crippen molar-refractivity contribution < 1.29 is 28.6 Å². The maximum Gasteiger partial charge on any atom is 0.308 e. The fourth-order valence-electron chi connectivity index (χ4n) is 4.39. The minimum atomic E-state index is -0.470. The van der Waals surface area contributed by atoms with Crippen molar-refractivity contribution in [3.63, 3.8) is 0 Å². The molecule has 35 heavy (non-hydrogen) atoms. The molecule has 0 spiro atoms. The van der Waals surface area contributed by atoms with Crippen molar-refractivity contribution >= 4 is 40.9 Å². The van der Waals surface area contributed by atoms with Crippen molar-refractivity contribution in [3.8, 4) is 17.2 Å². The Morgan fingerprint density at radius 2 is 1.43 bits per heavy atom. The van der Waals surface area contributed by atoms with E-state index in [2.05, 4.69) is 0 Å². The number of esters is 1. The first kappa shape index (κ1) is 22.8. The van der Waals surface area contributed by atoms with Crippen LogP contribution in [0.1, 0.15) is 33.2 Å². The molecule has 0 radical (unpaired) electrons. The number of anilines is 2. The van der Waals surface area contributed by atoms with Crippen LogP contribution in [0, 0.1) is 0 Å². The second kappa shape index (κ2) is 8.66. The van der Waals surface area contributed by atoms with E-state index in [1.54, 1.807) is 37.4 Å². The van der Waals surface area contributed by atoms with Gasteiger partial charge in [-0.15, -0.1) is 0 Å². The first-order valence-corrected chi connectivity index (χ1v) is 11.6. The summed E-state index contributed by atoms with van der Waals surface area (Å²) in [5.41, 5.74) is 3.15. The van der Waals surface area contributed by atoms with Crippen LogP contribution in [0.15, 0.2) is 58.3 Å². The van der Waals surface area contributed by atoms with E-state index in [9.17, 15) is 14.4 Å². The van der Waals surface area contributed by atoms with Gasteiger partial charge in [-0.2, -0.15) is 0 Å². The van der Waals surface area contributed by atoms with E-state index in [4.69, 9.17) is 14.2 Å². The van der Waals surface area contributed by atoms with Crippen LogP contribution < -0.4 is 19.1 Å². The monoisotopic (exact) mass is 490 g/mol. The zero-order valence-corrected chi connectivity index (χ0v) is 20.4. The van der Waals surface area contributed by atoms with Crippen LogP contribution in [0.5, 0.6) is 17.2 Å². The van der Waals surface area contributed by atoms with Gasteiger partial charge < -0.3 is 19.1 Å². The molecule has 0 N–H and O–H groups in total. The normalized spacial score (nSPS) is 13.8. The van der Waals surface area contributed by atoms with E-state index in [1.807, 2.05) is 30.1 Å². The Hall–Kier alpha value is -3.98. The molecule has 3 aromatic rings. The zero-order chi connectivity index (χ0) is 24.9. The molecule has 9 heteroatoms. The van der Waals surface area contributed by atoms with Crippen LogP contribution in [-0.2, 0) is 11.3 Å². The highest BCUT2D eigenvalue weighted by Gasteiger charge is 2.37. The summed E-state index contributed by atoms with van der Waals surface area (Å²) in [6, 6.07) is 14.2. The lowest BCUT2D eigenvalue weighted by molar-refractivity contribution is -0.132. The Bertz CT molecular complexity index is 1370. The summed E-state index contributed by atoms with van der Waals surface area (Å²) in [5.74, 6) is 0.121. The van der Waals surface area contributed by atoms with Gasteiger partial charge in [-0.05, 0) is 36.4 Å². The van der Waals surface area contributed by atoms with Gasteiger partial charge in [-0.25, -0.2) is 0 Å². The molecule has 0 unspecified atom stereocenters. The Morgan fingerprint density at radius 3 is 2.00 bits per heavy atom. The number of ether oxygens (including phenoxy) is 3. The van der Waals surface area contributed by atoms with Gasteiger partial charge in [-0.3, -0.25) is 19.3 Å². The van der Waals surface area contributed by atoms with Gasteiger partial charge in [0.25, 0.3) is 11.8 Å². The van der Waals surface area contributed by atoms with Crippen molar-refractivity contribution in [2.24, 2.45) is 0 Å². The van der Waals surface area contributed by atoms with E-state index in [-0.39, 0.29) is 18.4 Å². The lowest BCUT2D eigenvalue weighted by atomic mass is 10.1. The topological polar surface area (TPSA) is 85.4 Å². The summed E-state index contributed by atoms with van der Waals surface area (Å²) in [4.78, 5) is 42.7. The first-order chi connectivity index (χ1) is 16.8. The molecule has 0 atom stereocenters. The predicted molar refractivity (Wildman–Crippen MR) is 130 cm³/mol. The van der Waals surface area contributed by atoms with Gasteiger partial charge in [-0.1, -0.05) is 23.9 Å². The van der Waals surface area contributed by atoms with Crippen molar-refractivity contribution in [1.82, 2.24) is 4.90 Å². The molecule has 0 saturated heterocycles. The molecule has 0 aliphatic carbocycles. The number of amides is 2. The highest BCUT2D eigenvalue weighted by molar-refractivity contribution is 8.00. The van der Waals surface area contributed by atoms with Gasteiger partial charge in [0.15, 0.2) is 11.5 Å². The Balaban J connectivity index is 1.62. The van der Waals surface area contributed by atoms with Crippen molar-refractivity contribution in [1.29, 1.82) is 0 Å². The van der Waals surface area contributed by atoms with Crippen molar-refractivity contribution in [2.45, 2.75) is 23.3 Å². The second-order valence-corrected chi connectivity index (χ2v) is 9.06. The van der Waals surface area contributed by atoms with E-state index in [1.165, 1.54) is 30.7 Å². The minimum Gasteiger partial charge on any atom is -0.496 e. The molecule has 0 aromatic heterocycles. The van der Waals surface area contributed by atoms with Crippen LogP contribution in [-0.4, -0.2) is 44.0 Å². The molecule has 0 bridgehead atoms. The van der Waals surface area contributed by atoms with Crippen molar-refractivity contribution in [2.75, 3.05) is 26.2 Å². The van der Waals surface area contributed by atoms with Crippen LogP contribution in [0.3, 0.4) is 0 Å². The molecule has 178 valence electrons. The second-order valence-electron chi connectivity index (χ2n) is 8.04. The van der Waals surface area contributed by atoms with E-state index in [0.717, 1.165) is 16.3 Å². The van der Waals surface area contributed by atoms with Crippen LogP contribution in [0.25, 0.3) is 0 Å². The van der Waals surface area contributed by atoms with Crippen LogP contribution >= 0.6 is 11.8 Å². The molecule has 0 saturated carbocycles. The number of imide groups is 1. The quantitative estimate of drug-likeness (QED) is 0.290. The highest BCUT2D eigenvalue weighted by atomic mass is 32.2. The molecule has 2 aliphatic rings. The molecule has 2 aliphatic heterocycles. The number of hydrogen-bond donors (Lipinski definition) is 0. The maximum absolute atomic E-state index is 13.1. The first-order valence-electron chi connectivity index (χ1n) is 10.8. The number of benzene rings is 3. The fourth-order valence-corrected chi connectivity index (χ4v) is 5.73. The standard InChI is InChI=1S/C26H22N2O6S/c1-14(29)34-22-21(33-4)12-10-19-24(22)35-23-17(20(32-3)11-9-18(23)27(19)2)13-28-25(30)15-7-5-6-8-16(15)26(28)31/h5-12H,13H2,1-4H3. The van der Waals surface area contributed by atoms with E-state index >= 15 is 0 Å². The lowest BCUT2D eigenvalue weighted by Crippen LogP contribution is -2.30. The SMILES string of the molecule is COc1ccc2c(c1CN1C(=O)c3ccccc3C1=O)Sc1c(ccc(OC)c1OC(C)=O)N2C. The number of hydrogen-bond acceptors (Lipinski definition) is 8. The van der Waals surface area contributed by atoms with Gasteiger partial charge >= 0.3 is 5.97 Å². The number of carbonyl (C=O) groups is 3. The van der Waals surface area contributed by atoms with Gasteiger partial charge in [0.2, 0.25) is 0 Å². The van der Waals surface area contributed by atoms with E-state index in [0.29, 0.717) is 38.8 Å². The third kappa shape index (κ3) is 3.59. The number of nitrogens with zero attached hydrogens (tertiary/aromatic N) is 2. The summed E-state index contributed by atoms with van der Waals surface area (Å²) in [6.45, 7) is 1.36. The molecule has 0 fully saturated rings. The van der Waals surface area contributed by atoms with Gasteiger partial charge in [0.1, 0.15) is 5.75 Å². The summed E-state index contributed by atoms with van der Waals surface area (Å²) in [5, 5.41) is 0. The molecule has 2 amide bonds. The minimum absolute atomic E-state index is 0.0295. The maximum atomic E-state index is 13.1. The molecule has 8 nitrogen and oxygen atoms in total. The molecule has 3 aromatic carbocycles. The fraction of sp³-hybridized carbons (Fsp3) is 0.192. The molecular weight excluding hydrogens is 468 g/mol. The van der Waals surface area contributed by atoms with E-state index < -0.39 is 5.97 Å². The van der Waals surface area contributed by atoms with Gasteiger partial charge in [0.05, 0.1) is 48.2 Å². The molecule has 5 rings (SSSR count). The molecular formula is C26H22N2O6S. The Morgan fingerprint density at radius 1 is 0.857 bits per heavy atom. The number of carbonyl (C=O) groups excluding carboxylic acids is 3.